The number of ether oxygens (including phenoxy) is 1. The fourth-order valence-corrected chi connectivity index (χ4v) is 3.72. The average Bonchev–Trinajstić information content (AvgIpc) is 3.08. The summed E-state index contributed by atoms with van der Waals surface area (Å²) in [6.07, 6.45) is 7.92. The number of nitrogens with zero attached hydrogens (tertiary/aromatic N) is 3. The van der Waals surface area contributed by atoms with Gasteiger partial charge in [0.15, 0.2) is 10.8 Å². The number of fused-ring (bicyclic) bond motifs is 1. The van der Waals surface area contributed by atoms with Gasteiger partial charge in [-0.3, -0.25) is 4.98 Å². The predicted molar refractivity (Wildman–Crippen MR) is 101 cm³/mol. The molecular weight excluding hydrogens is 367 g/mol. The van der Waals surface area contributed by atoms with Crippen molar-refractivity contribution in [1.82, 2.24) is 19.6 Å². The van der Waals surface area contributed by atoms with E-state index in [1.165, 1.54) is 28.4 Å². The van der Waals surface area contributed by atoms with Crippen LogP contribution >= 0.6 is 11.8 Å². The quantitative estimate of drug-likeness (QED) is 0.552. The maximum Gasteiger partial charge on any atom is 0.350 e. The fraction of sp³-hybridized carbons (Fsp3) is 0.316. The highest BCUT2D eigenvalue weighted by molar-refractivity contribution is 7.99. The van der Waals surface area contributed by atoms with Crippen molar-refractivity contribution < 1.29 is 9.13 Å². The first-order valence-corrected chi connectivity index (χ1v) is 9.62. The number of halogens is 1. The van der Waals surface area contributed by atoms with Crippen molar-refractivity contribution in [3.8, 4) is 23.5 Å². The van der Waals surface area contributed by atoms with E-state index in [1.807, 2.05) is 0 Å². The van der Waals surface area contributed by atoms with E-state index in [2.05, 4.69) is 21.0 Å². The zero-order chi connectivity index (χ0) is 18.8. The lowest BCUT2D eigenvalue weighted by Crippen LogP contribution is -2.20. The lowest BCUT2D eigenvalue weighted by atomic mass is 9.99. The van der Waals surface area contributed by atoms with Gasteiger partial charge in [0.2, 0.25) is 0 Å². The molecule has 1 N–H and O–H groups in total. The molecule has 4 rings (SSSR count). The van der Waals surface area contributed by atoms with Crippen LogP contribution in [0.2, 0.25) is 0 Å². The Hall–Kier alpha value is -2.63. The summed E-state index contributed by atoms with van der Waals surface area (Å²) in [4.78, 5) is 19.8. The topological polar surface area (TPSA) is 72.3 Å². The summed E-state index contributed by atoms with van der Waals surface area (Å²) in [6.45, 7) is 0.647. The molecule has 6 nitrogen and oxygen atoms in total. The Labute approximate surface area is 159 Å². The fourth-order valence-electron chi connectivity index (χ4n) is 3.19. The van der Waals surface area contributed by atoms with Gasteiger partial charge < -0.3 is 4.74 Å². The zero-order valence-electron chi connectivity index (χ0n) is 14.4. The van der Waals surface area contributed by atoms with E-state index in [0.29, 0.717) is 34.4 Å². The molecule has 0 spiro atoms. The van der Waals surface area contributed by atoms with Gasteiger partial charge in [-0.2, -0.15) is 9.61 Å². The normalized spacial score (nSPS) is 17.1. The molecule has 0 saturated carbocycles. The van der Waals surface area contributed by atoms with Crippen LogP contribution in [-0.2, 0) is 4.74 Å². The third kappa shape index (κ3) is 3.48. The highest BCUT2D eigenvalue weighted by Gasteiger charge is 2.27. The molecule has 1 aromatic carbocycles. The van der Waals surface area contributed by atoms with Gasteiger partial charge in [0.1, 0.15) is 17.6 Å². The molecule has 1 fully saturated rings. The molecule has 1 saturated heterocycles. The third-order valence-electron chi connectivity index (χ3n) is 4.41. The first-order chi connectivity index (χ1) is 13.2. The van der Waals surface area contributed by atoms with Crippen molar-refractivity contribution in [2.75, 3.05) is 12.4 Å². The summed E-state index contributed by atoms with van der Waals surface area (Å²) in [6, 6.07) is 6.09. The molecule has 8 heteroatoms. The Bertz CT molecular complexity index is 1060. The molecule has 3 heterocycles. The largest absolute Gasteiger partial charge is 0.372 e. The monoisotopic (exact) mass is 384 g/mol. The molecule has 1 atom stereocenters. The van der Waals surface area contributed by atoms with Gasteiger partial charge in [0, 0.05) is 6.61 Å². The van der Waals surface area contributed by atoms with Crippen LogP contribution in [0.1, 0.15) is 31.1 Å². The van der Waals surface area contributed by atoms with Crippen molar-refractivity contribution >= 4 is 17.4 Å². The number of hydrogen-bond donors (Lipinski definition) is 1. The van der Waals surface area contributed by atoms with Crippen molar-refractivity contribution in [3.05, 3.63) is 46.3 Å². The van der Waals surface area contributed by atoms with Gasteiger partial charge >= 0.3 is 5.69 Å². The van der Waals surface area contributed by atoms with Crippen molar-refractivity contribution in [2.45, 2.75) is 30.5 Å². The maximum atomic E-state index is 13.4. The number of terminal acetylenes is 1. The highest BCUT2D eigenvalue weighted by atomic mass is 32.2. The summed E-state index contributed by atoms with van der Waals surface area (Å²) in [7, 11) is 0. The number of hydrogen-bond acceptors (Lipinski definition) is 5. The standard InChI is InChI=1S/C19H17FN4O2S/c1-2-11-27-18-21-17-15(12-6-8-13(20)9-7-12)16(14-5-3-4-10-26-14)23-24(17)19(25)22-18/h1,6-9,14H,3-5,10-11H2,(H,21,22,25). The lowest BCUT2D eigenvalue weighted by molar-refractivity contribution is 0.0125. The molecular formula is C19H17FN4O2S. The van der Waals surface area contributed by atoms with Crippen LogP contribution < -0.4 is 5.69 Å². The van der Waals surface area contributed by atoms with E-state index in [1.54, 1.807) is 12.1 Å². The number of aromatic amines is 1. The van der Waals surface area contributed by atoms with E-state index in [4.69, 9.17) is 11.2 Å². The molecule has 1 aliphatic heterocycles. The Morgan fingerprint density at radius 2 is 2.19 bits per heavy atom. The van der Waals surface area contributed by atoms with Gasteiger partial charge in [0.25, 0.3) is 0 Å². The van der Waals surface area contributed by atoms with Gasteiger partial charge in [-0.25, -0.2) is 14.2 Å². The number of H-pyrrole nitrogens is 1. The summed E-state index contributed by atoms with van der Waals surface area (Å²) < 4.78 is 20.6. The second-order valence-electron chi connectivity index (χ2n) is 6.20. The van der Waals surface area contributed by atoms with Crippen LogP contribution in [0, 0.1) is 18.2 Å². The number of thioether (sulfide) groups is 1. The Morgan fingerprint density at radius 1 is 1.37 bits per heavy atom. The summed E-state index contributed by atoms with van der Waals surface area (Å²) in [5, 5.41) is 4.92. The Kier molecular flexibility index (Phi) is 4.97. The minimum absolute atomic E-state index is 0.221. The number of aromatic nitrogens is 4. The molecule has 27 heavy (non-hydrogen) atoms. The molecule has 0 aliphatic carbocycles. The molecule has 0 radical (unpaired) electrons. The molecule has 0 bridgehead atoms. The van der Waals surface area contributed by atoms with E-state index in [9.17, 15) is 9.18 Å². The van der Waals surface area contributed by atoms with Gasteiger partial charge in [-0.05, 0) is 37.0 Å². The lowest BCUT2D eigenvalue weighted by Gasteiger charge is -2.21. The van der Waals surface area contributed by atoms with Crippen molar-refractivity contribution in [1.29, 1.82) is 0 Å². The van der Waals surface area contributed by atoms with E-state index < -0.39 is 5.69 Å². The molecule has 1 aliphatic rings. The first kappa shape index (κ1) is 17.8. The summed E-state index contributed by atoms with van der Waals surface area (Å²) in [5.74, 6) is 2.56. The highest BCUT2D eigenvalue weighted by Crippen LogP contribution is 2.36. The van der Waals surface area contributed by atoms with Crippen LogP contribution in [0.4, 0.5) is 4.39 Å². The molecule has 138 valence electrons. The molecule has 2 aromatic heterocycles. The van der Waals surface area contributed by atoms with Crippen LogP contribution in [0.25, 0.3) is 16.8 Å². The van der Waals surface area contributed by atoms with E-state index >= 15 is 0 Å². The second kappa shape index (κ2) is 7.55. The third-order valence-corrected chi connectivity index (χ3v) is 5.19. The number of benzene rings is 1. The molecule has 3 aromatic rings. The van der Waals surface area contributed by atoms with Gasteiger partial charge in [-0.1, -0.05) is 29.8 Å². The minimum atomic E-state index is -0.398. The van der Waals surface area contributed by atoms with Crippen molar-refractivity contribution in [2.24, 2.45) is 0 Å². The van der Waals surface area contributed by atoms with Crippen LogP contribution in [0.5, 0.6) is 0 Å². The van der Waals surface area contributed by atoms with E-state index in [0.717, 1.165) is 24.8 Å². The smallest absolute Gasteiger partial charge is 0.350 e. The van der Waals surface area contributed by atoms with E-state index in [-0.39, 0.29) is 11.9 Å². The summed E-state index contributed by atoms with van der Waals surface area (Å²) >= 11 is 1.27. The van der Waals surface area contributed by atoms with Crippen LogP contribution in [0.15, 0.2) is 34.2 Å². The van der Waals surface area contributed by atoms with Gasteiger partial charge in [-0.15, -0.1) is 6.42 Å². The average molecular weight is 384 g/mol. The SMILES string of the molecule is C#CCSc1nc2c(-c3ccc(F)cc3)c(C3CCCCO3)nn2c(=O)[nH]1. The second-order valence-corrected chi connectivity index (χ2v) is 7.16. The zero-order valence-corrected chi connectivity index (χ0v) is 15.3. The minimum Gasteiger partial charge on any atom is -0.372 e. The number of nitrogens with one attached hydrogen (secondary N) is 1. The predicted octanol–water partition coefficient (Wildman–Crippen LogP) is 3.19. The summed E-state index contributed by atoms with van der Waals surface area (Å²) in [5.41, 5.74) is 2.09. The first-order valence-electron chi connectivity index (χ1n) is 8.64. The van der Waals surface area contributed by atoms with Crippen molar-refractivity contribution in [3.63, 3.8) is 0 Å². The van der Waals surface area contributed by atoms with Gasteiger partial charge in [0.05, 0.1) is 11.3 Å². The van der Waals surface area contributed by atoms with Crippen LogP contribution in [0.3, 0.4) is 0 Å². The molecule has 0 amide bonds. The van der Waals surface area contributed by atoms with Crippen LogP contribution in [-0.4, -0.2) is 31.9 Å². The Balaban J connectivity index is 1.93. The molecule has 1 unspecified atom stereocenters. The maximum absolute atomic E-state index is 13.4. The number of rotatable bonds is 4. The Morgan fingerprint density at radius 3 is 2.89 bits per heavy atom.